The minimum absolute atomic E-state index is 0.0270. The van der Waals surface area contributed by atoms with Gasteiger partial charge in [-0.05, 0) is 44.2 Å². The number of halogens is 4. The van der Waals surface area contributed by atoms with Gasteiger partial charge in [-0.2, -0.15) is 18.3 Å². The first kappa shape index (κ1) is 26.1. The monoisotopic (exact) mass is 496 g/mol. The molecule has 2 N–H and O–H groups in total. The van der Waals surface area contributed by atoms with E-state index < -0.39 is 23.8 Å². The first-order chi connectivity index (χ1) is 16.7. The molecule has 1 atom stereocenters. The summed E-state index contributed by atoms with van der Waals surface area (Å²) in [5, 5.41) is 20.9. The van der Waals surface area contributed by atoms with E-state index in [2.05, 4.69) is 36.1 Å². The highest BCUT2D eigenvalue weighted by Gasteiger charge is 2.30. The number of pyridine rings is 1. The smallest absolute Gasteiger partial charge is 0.360 e. The van der Waals surface area contributed by atoms with E-state index in [0.717, 1.165) is 18.3 Å². The quantitative estimate of drug-likeness (QED) is 0.223. The minimum Gasteiger partial charge on any atom is -0.360 e. The summed E-state index contributed by atoms with van der Waals surface area (Å²) >= 11 is 0. The number of alkyl halides is 4. The van der Waals surface area contributed by atoms with Crippen molar-refractivity contribution >= 4 is 11.7 Å². The fraction of sp³-hybridized carbons (Fsp3) is 0.429. The predicted octanol–water partition coefficient (Wildman–Crippen LogP) is 2.33. The van der Waals surface area contributed by atoms with Crippen LogP contribution >= 0.6 is 0 Å². The van der Waals surface area contributed by atoms with Gasteiger partial charge < -0.3 is 10.1 Å². The fourth-order valence-electron chi connectivity index (χ4n) is 3.01. The van der Waals surface area contributed by atoms with Crippen molar-refractivity contribution in [1.29, 1.82) is 0 Å². The van der Waals surface area contributed by atoms with E-state index in [0.29, 0.717) is 24.5 Å². The Labute approximate surface area is 198 Å². The van der Waals surface area contributed by atoms with Crippen LogP contribution in [0.4, 0.5) is 23.4 Å². The Morgan fingerprint density at radius 3 is 2.69 bits per heavy atom. The summed E-state index contributed by atoms with van der Waals surface area (Å²) in [6.45, 7) is 0.673. The third-order valence-electron chi connectivity index (χ3n) is 4.65. The van der Waals surface area contributed by atoms with Crippen LogP contribution in [0.1, 0.15) is 29.1 Å². The van der Waals surface area contributed by atoms with Crippen molar-refractivity contribution in [2.45, 2.75) is 44.8 Å². The zero-order valence-corrected chi connectivity index (χ0v) is 18.8. The molecule has 35 heavy (non-hydrogen) atoms. The van der Waals surface area contributed by atoms with Crippen molar-refractivity contribution in [3.8, 4) is 0 Å². The maximum absolute atomic E-state index is 14.3. The van der Waals surface area contributed by atoms with Crippen LogP contribution in [-0.4, -0.2) is 56.0 Å². The Hall–Kier alpha value is -3.52. The Kier molecular flexibility index (Phi) is 9.14. The lowest BCUT2D eigenvalue weighted by atomic mass is 10.1. The summed E-state index contributed by atoms with van der Waals surface area (Å²) in [4.78, 5) is 15.9. The van der Waals surface area contributed by atoms with Crippen LogP contribution < -0.4 is 10.6 Å². The molecular weight excluding hydrogens is 472 g/mol. The lowest BCUT2D eigenvalue weighted by Crippen LogP contribution is -2.17. The van der Waals surface area contributed by atoms with Crippen LogP contribution in [0.15, 0.2) is 36.7 Å². The molecule has 0 bridgehead atoms. The molecule has 0 saturated heterocycles. The van der Waals surface area contributed by atoms with Crippen LogP contribution in [0.25, 0.3) is 0 Å². The van der Waals surface area contributed by atoms with Gasteiger partial charge in [0.2, 0.25) is 5.91 Å². The molecule has 0 aliphatic rings. The number of ether oxygens (including phenoxy) is 1. The SMILES string of the molecule is CNCOCc1cn(C[C@H](F)CCc2ccc(NC(=O)Cc3cc(C(F)(F)F)ccn3)nn2)nn1. The summed E-state index contributed by atoms with van der Waals surface area (Å²) in [7, 11) is 1.75. The minimum atomic E-state index is -4.52. The van der Waals surface area contributed by atoms with Crippen LogP contribution in [0.3, 0.4) is 0 Å². The second kappa shape index (κ2) is 12.3. The molecule has 3 aromatic rings. The molecule has 3 aromatic heterocycles. The standard InChI is InChI=1S/C21H24F4N8O2/c1-26-13-35-12-18-11-33(32-30-18)10-15(22)2-3-16-4-5-19(31-29-16)28-20(34)9-17-8-14(6-7-27-17)21(23,24)25/h4-8,11,15,26H,2-3,9-10,12-13H2,1H3,(H,28,31,34)/t15-/m1/s1. The predicted molar refractivity (Wildman–Crippen MR) is 116 cm³/mol. The first-order valence-electron chi connectivity index (χ1n) is 10.6. The maximum atomic E-state index is 14.3. The second-order valence-corrected chi connectivity index (χ2v) is 7.58. The number of aryl methyl sites for hydroxylation is 1. The van der Waals surface area contributed by atoms with Crippen LogP contribution in [0.2, 0.25) is 0 Å². The van der Waals surface area contributed by atoms with Gasteiger partial charge in [-0.3, -0.25) is 15.1 Å². The van der Waals surface area contributed by atoms with Crippen molar-refractivity contribution in [1.82, 2.24) is 35.5 Å². The summed E-state index contributed by atoms with van der Waals surface area (Å²) in [6.07, 6.45) is -2.97. The summed E-state index contributed by atoms with van der Waals surface area (Å²) in [6, 6.07) is 4.73. The van der Waals surface area contributed by atoms with E-state index in [-0.39, 0.29) is 37.5 Å². The molecule has 3 rings (SSSR count). The Morgan fingerprint density at radius 1 is 1.14 bits per heavy atom. The second-order valence-electron chi connectivity index (χ2n) is 7.58. The van der Waals surface area contributed by atoms with E-state index in [1.807, 2.05) is 0 Å². The van der Waals surface area contributed by atoms with Gasteiger partial charge in [-0.25, -0.2) is 9.07 Å². The molecule has 14 heteroatoms. The lowest BCUT2D eigenvalue weighted by Gasteiger charge is -2.09. The van der Waals surface area contributed by atoms with Crippen LogP contribution in [0, 0.1) is 0 Å². The highest BCUT2D eigenvalue weighted by atomic mass is 19.4. The van der Waals surface area contributed by atoms with Crippen molar-refractivity contribution in [3.05, 3.63) is 59.3 Å². The van der Waals surface area contributed by atoms with Crippen LogP contribution in [0.5, 0.6) is 0 Å². The van der Waals surface area contributed by atoms with Crippen molar-refractivity contribution < 1.29 is 27.1 Å². The van der Waals surface area contributed by atoms with E-state index in [1.54, 1.807) is 19.3 Å². The average Bonchev–Trinajstić information content (AvgIpc) is 3.25. The summed E-state index contributed by atoms with van der Waals surface area (Å²) in [5.41, 5.74) is 0.207. The largest absolute Gasteiger partial charge is 0.416 e. The molecule has 0 aliphatic carbocycles. The molecule has 188 valence electrons. The number of hydrogen-bond acceptors (Lipinski definition) is 8. The van der Waals surface area contributed by atoms with Crippen molar-refractivity contribution in [2.75, 3.05) is 19.1 Å². The van der Waals surface area contributed by atoms with Crippen LogP contribution in [-0.2, 0) is 41.7 Å². The molecule has 1 amide bonds. The molecule has 0 spiro atoms. The van der Waals surface area contributed by atoms with E-state index in [1.165, 1.54) is 10.7 Å². The average molecular weight is 496 g/mol. The summed E-state index contributed by atoms with van der Waals surface area (Å²) < 4.78 is 59.4. The van der Waals surface area contributed by atoms with E-state index in [4.69, 9.17) is 4.74 Å². The Morgan fingerprint density at radius 2 is 1.97 bits per heavy atom. The fourth-order valence-corrected chi connectivity index (χ4v) is 3.01. The number of aromatic nitrogens is 6. The molecule has 10 nitrogen and oxygen atoms in total. The summed E-state index contributed by atoms with van der Waals surface area (Å²) in [5.74, 6) is -0.468. The van der Waals surface area contributed by atoms with Crippen molar-refractivity contribution in [3.63, 3.8) is 0 Å². The first-order valence-corrected chi connectivity index (χ1v) is 10.6. The number of nitrogens with one attached hydrogen (secondary N) is 2. The van der Waals surface area contributed by atoms with Gasteiger partial charge in [0, 0.05) is 6.20 Å². The molecule has 0 saturated carbocycles. The van der Waals surface area contributed by atoms with Gasteiger partial charge in [0.1, 0.15) is 11.9 Å². The molecular formula is C21H24F4N8O2. The van der Waals surface area contributed by atoms with Gasteiger partial charge in [0.25, 0.3) is 0 Å². The number of rotatable bonds is 12. The third kappa shape index (κ3) is 8.64. The zero-order chi connectivity index (χ0) is 25.3. The number of hydrogen-bond donors (Lipinski definition) is 2. The third-order valence-corrected chi connectivity index (χ3v) is 4.65. The molecule has 0 unspecified atom stereocenters. The van der Waals surface area contributed by atoms with E-state index >= 15 is 0 Å². The number of carbonyl (C=O) groups excluding carboxylic acids is 1. The van der Waals surface area contributed by atoms with Gasteiger partial charge in [0.05, 0.1) is 49.5 Å². The highest BCUT2D eigenvalue weighted by Crippen LogP contribution is 2.29. The van der Waals surface area contributed by atoms with E-state index in [9.17, 15) is 22.4 Å². The number of carbonyl (C=O) groups is 1. The lowest BCUT2D eigenvalue weighted by molar-refractivity contribution is -0.137. The molecule has 0 aromatic carbocycles. The maximum Gasteiger partial charge on any atom is 0.416 e. The number of amides is 1. The number of nitrogens with zero attached hydrogens (tertiary/aromatic N) is 6. The number of anilines is 1. The normalized spacial score (nSPS) is 12.5. The van der Waals surface area contributed by atoms with Gasteiger partial charge in [-0.1, -0.05) is 5.21 Å². The Balaban J connectivity index is 1.43. The molecule has 3 heterocycles. The van der Waals surface area contributed by atoms with Gasteiger partial charge in [0.15, 0.2) is 5.82 Å². The Bertz CT molecular complexity index is 1090. The highest BCUT2D eigenvalue weighted by molar-refractivity contribution is 5.91. The van der Waals surface area contributed by atoms with Gasteiger partial charge >= 0.3 is 6.18 Å². The molecule has 0 aliphatic heterocycles. The van der Waals surface area contributed by atoms with Crippen molar-refractivity contribution in [2.24, 2.45) is 0 Å². The topological polar surface area (TPSA) is 120 Å². The zero-order valence-electron chi connectivity index (χ0n) is 18.8. The molecule has 0 radical (unpaired) electrons. The van der Waals surface area contributed by atoms with Gasteiger partial charge in [-0.15, -0.1) is 10.2 Å². The molecule has 0 fully saturated rings.